The maximum atomic E-state index is 13.5. The van der Waals surface area contributed by atoms with Crippen LogP contribution in [0, 0.1) is 6.92 Å². The Labute approximate surface area is 289 Å². The average molecular weight is 676 g/mol. The molecule has 3 N–H and O–H groups in total. The van der Waals surface area contributed by atoms with E-state index >= 15 is 0 Å². The number of thioether (sulfide) groups is 1. The van der Waals surface area contributed by atoms with Crippen molar-refractivity contribution >= 4 is 58.5 Å². The molecule has 0 aliphatic carbocycles. The Morgan fingerprint density at radius 1 is 0.792 bits per heavy atom. The molecule has 9 heteroatoms. The van der Waals surface area contributed by atoms with E-state index in [0.29, 0.717) is 39.9 Å². The molecule has 1 unspecified atom stereocenters. The van der Waals surface area contributed by atoms with Gasteiger partial charge in [0.25, 0.3) is 11.8 Å². The number of amides is 3. The van der Waals surface area contributed by atoms with Crippen molar-refractivity contribution < 1.29 is 19.1 Å². The molecule has 0 heterocycles. The van der Waals surface area contributed by atoms with Crippen molar-refractivity contribution in [3.8, 4) is 5.75 Å². The maximum absolute atomic E-state index is 13.5. The van der Waals surface area contributed by atoms with E-state index in [4.69, 9.17) is 16.3 Å². The first-order valence-corrected chi connectivity index (χ1v) is 16.6. The van der Waals surface area contributed by atoms with E-state index in [-0.39, 0.29) is 11.6 Å². The lowest BCUT2D eigenvalue weighted by Gasteiger charge is -2.18. The molecule has 48 heavy (non-hydrogen) atoms. The van der Waals surface area contributed by atoms with Gasteiger partial charge in [0.1, 0.15) is 16.7 Å². The number of ether oxygens (including phenoxy) is 1. The van der Waals surface area contributed by atoms with Gasteiger partial charge < -0.3 is 20.7 Å². The molecule has 1 atom stereocenters. The van der Waals surface area contributed by atoms with Crippen molar-refractivity contribution in [2.24, 2.45) is 0 Å². The van der Waals surface area contributed by atoms with Crippen LogP contribution in [0.5, 0.6) is 5.75 Å². The predicted molar refractivity (Wildman–Crippen MR) is 194 cm³/mol. The molecule has 0 fully saturated rings. The minimum Gasteiger partial charge on any atom is -0.494 e. The topological polar surface area (TPSA) is 96.5 Å². The van der Waals surface area contributed by atoms with Crippen molar-refractivity contribution in [3.05, 3.63) is 160 Å². The largest absolute Gasteiger partial charge is 0.494 e. The second-order valence-corrected chi connectivity index (χ2v) is 12.3. The lowest BCUT2D eigenvalue weighted by molar-refractivity contribution is -0.116. The van der Waals surface area contributed by atoms with E-state index in [2.05, 4.69) is 16.0 Å². The predicted octanol–water partition coefficient (Wildman–Crippen LogP) is 8.93. The molecule has 0 spiro atoms. The van der Waals surface area contributed by atoms with Crippen LogP contribution in [-0.4, -0.2) is 24.3 Å². The summed E-state index contributed by atoms with van der Waals surface area (Å²) in [7, 11) is 0. The van der Waals surface area contributed by atoms with Crippen molar-refractivity contribution in [1.82, 2.24) is 5.32 Å². The van der Waals surface area contributed by atoms with Crippen LogP contribution in [0.15, 0.2) is 138 Å². The fraction of sp³-hybridized carbons (Fsp3) is 0.103. The second kappa shape index (κ2) is 16.5. The molecule has 0 aliphatic heterocycles. The van der Waals surface area contributed by atoms with Crippen molar-refractivity contribution in [2.45, 2.75) is 24.0 Å². The molecule has 3 amide bonds. The summed E-state index contributed by atoms with van der Waals surface area (Å²) in [6.45, 7) is 4.35. The normalized spacial score (nSPS) is 11.7. The second-order valence-electron chi connectivity index (χ2n) is 10.7. The minimum absolute atomic E-state index is 0.0727. The summed E-state index contributed by atoms with van der Waals surface area (Å²) in [5, 5.41) is 8.65. The molecular weight excluding hydrogens is 642 g/mol. The third-order valence-corrected chi connectivity index (χ3v) is 8.85. The molecular formula is C39H34ClN3O4S. The molecule has 0 saturated heterocycles. The SMILES string of the molecule is CCOc1ccc(/C=C(\NC(=O)c2ccccc2)C(=O)Nc2ccc(SC(C(=O)Nc3ccc(C)c(Cl)c3)c3ccccc3)cc2)cc1. The van der Waals surface area contributed by atoms with Gasteiger partial charge in [-0.25, -0.2) is 0 Å². The first-order chi connectivity index (χ1) is 23.3. The first kappa shape index (κ1) is 34.0. The molecule has 5 aromatic carbocycles. The third kappa shape index (κ3) is 9.37. The summed E-state index contributed by atoms with van der Waals surface area (Å²) in [6.07, 6.45) is 1.61. The van der Waals surface area contributed by atoms with E-state index in [1.807, 2.05) is 86.6 Å². The Kier molecular flexibility index (Phi) is 11.7. The summed E-state index contributed by atoms with van der Waals surface area (Å²) in [6, 6.07) is 38.1. The van der Waals surface area contributed by atoms with Crippen LogP contribution in [0.2, 0.25) is 5.02 Å². The van der Waals surface area contributed by atoms with E-state index in [0.717, 1.165) is 16.0 Å². The smallest absolute Gasteiger partial charge is 0.272 e. The minimum atomic E-state index is -0.552. The number of carbonyl (C=O) groups excluding carboxylic acids is 3. The van der Waals surface area contributed by atoms with Crippen LogP contribution in [0.25, 0.3) is 6.08 Å². The lowest BCUT2D eigenvalue weighted by atomic mass is 10.1. The van der Waals surface area contributed by atoms with Gasteiger partial charge in [0.05, 0.1) is 6.61 Å². The van der Waals surface area contributed by atoms with Crippen LogP contribution in [0.3, 0.4) is 0 Å². The summed E-state index contributed by atoms with van der Waals surface area (Å²) >= 11 is 7.67. The molecule has 0 radical (unpaired) electrons. The Bertz CT molecular complexity index is 1900. The number of carbonyl (C=O) groups is 3. The summed E-state index contributed by atoms with van der Waals surface area (Å²) < 4.78 is 5.52. The van der Waals surface area contributed by atoms with Crippen LogP contribution in [0.1, 0.15) is 39.2 Å². The summed E-state index contributed by atoms with van der Waals surface area (Å²) in [4.78, 5) is 40.9. The van der Waals surface area contributed by atoms with Crippen LogP contribution >= 0.6 is 23.4 Å². The van der Waals surface area contributed by atoms with Crippen molar-refractivity contribution in [2.75, 3.05) is 17.2 Å². The standard InChI is InChI=1S/C39H34ClN3O4S/c1-3-47-32-20-15-27(16-21-32)24-35(43-37(44)29-12-8-5-9-13-29)38(45)41-30-18-22-33(23-19-30)48-36(28-10-6-4-7-11-28)39(46)42-31-17-14-26(2)34(40)25-31/h4-25,36H,3H2,1-2H3,(H,41,45)(H,42,46)(H,43,44)/b35-24-. The zero-order valence-corrected chi connectivity index (χ0v) is 28.0. The maximum Gasteiger partial charge on any atom is 0.272 e. The molecule has 0 saturated carbocycles. The molecule has 0 bridgehead atoms. The number of aryl methyl sites for hydroxylation is 1. The lowest BCUT2D eigenvalue weighted by Crippen LogP contribution is -2.30. The number of hydrogen-bond donors (Lipinski definition) is 3. The first-order valence-electron chi connectivity index (χ1n) is 15.3. The number of benzene rings is 5. The molecule has 0 aromatic heterocycles. The van der Waals surface area contributed by atoms with E-state index in [9.17, 15) is 14.4 Å². The Balaban J connectivity index is 1.32. The highest BCUT2D eigenvalue weighted by atomic mass is 35.5. The number of hydrogen-bond acceptors (Lipinski definition) is 5. The van der Waals surface area contributed by atoms with Crippen molar-refractivity contribution in [3.63, 3.8) is 0 Å². The van der Waals surface area contributed by atoms with E-state index < -0.39 is 17.1 Å². The summed E-state index contributed by atoms with van der Waals surface area (Å²) in [5.74, 6) is -0.389. The number of halogens is 1. The van der Waals surface area contributed by atoms with Crippen molar-refractivity contribution in [1.29, 1.82) is 0 Å². The number of anilines is 2. The fourth-order valence-electron chi connectivity index (χ4n) is 4.67. The molecule has 7 nitrogen and oxygen atoms in total. The fourth-order valence-corrected chi connectivity index (χ4v) is 5.87. The molecule has 242 valence electrons. The average Bonchev–Trinajstić information content (AvgIpc) is 3.10. The highest BCUT2D eigenvalue weighted by molar-refractivity contribution is 8.00. The van der Waals surface area contributed by atoms with Gasteiger partial charge in [0, 0.05) is 26.9 Å². The van der Waals surface area contributed by atoms with E-state index in [1.54, 1.807) is 60.7 Å². The highest BCUT2D eigenvalue weighted by Crippen LogP contribution is 2.37. The molecule has 0 aliphatic rings. The van der Waals surface area contributed by atoms with Crippen LogP contribution in [0.4, 0.5) is 11.4 Å². The van der Waals surface area contributed by atoms with Gasteiger partial charge >= 0.3 is 0 Å². The molecule has 5 rings (SSSR count). The Morgan fingerprint density at radius 2 is 1.44 bits per heavy atom. The van der Waals surface area contributed by atoms with Gasteiger partial charge in [-0.15, -0.1) is 11.8 Å². The van der Waals surface area contributed by atoms with Crippen LogP contribution in [-0.2, 0) is 9.59 Å². The zero-order chi connectivity index (χ0) is 33.9. The highest BCUT2D eigenvalue weighted by Gasteiger charge is 2.23. The quantitative estimate of drug-likeness (QED) is 0.0907. The number of nitrogens with one attached hydrogen (secondary N) is 3. The van der Waals surface area contributed by atoms with Gasteiger partial charge in [0.15, 0.2) is 0 Å². The van der Waals surface area contributed by atoms with Gasteiger partial charge in [-0.3, -0.25) is 14.4 Å². The zero-order valence-electron chi connectivity index (χ0n) is 26.4. The van der Waals surface area contributed by atoms with Crippen LogP contribution < -0.4 is 20.7 Å². The van der Waals surface area contributed by atoms with Gasteiger partial charge in [-0.1, -0.05) is 78.3 Å². The van der Waals surface area contributed by atoms with Gasteiger partial charge in [-0.05, 0) is 97.3 Å². The Hall–Kier alpha value is -5.31. The van der Waals surface area contributed by atoms with Gasteiger partial charge in [0.2, 0.25) is 5.91 Å². The van der Waals surface area contributed by atoms with E-state index in [1.165, 1.54) is 11.8 Å². The third-order valence-electron chi connectivity index (χ3n) is 7.18. The number of rotatable bonds is 12. The monoisotopic (exact) mass is 675 g/mol. The summed E-state index contributed by atoms with van der Waals surface area (Å²) in [5.41, 5.74) is 4.11. The molecule has 5 aromatic rings. The Morgan fingerprint density at radius 3 is 2.08 bits per heavy atom. The van der Waals surface area contributed by atoms with Gasteiger partial charge in [-0.2, -0.15) is 0 Å².